The highest BCUT2D eigenvalue weighted by atomic mass is 35.5. The number of amides is 1. The van der Waals surface area contributed by atoms with Crippen molar-refractivity contribution in [1.82, 2.24) is 9.88 Å². The van der Waals surface area contributed by atoms with Crippen molar-refractivity contribution in [1.29, 1.82) is 0 Å². The molecule has 15 heteroatoms. The van der Waals surface area contributed by atoms with Crippen molar-refractivity contribution in [2.75, 3.05) is 18.9 Å². The first-order valence-corrected chi connectivity index (χ1v) is 12.0. The van der Waals surface area contributed by atoms with Gasteiger partial charge >= 0.3 is 24.2 Å². The topological polar surface area (TPSA) is 45.2 Å². The van der Waals surface area contributed by atoms with E-state index in [1.807, 2.05) is 0 Å². The standard InChI is InChI=1S/C26H20ClF10N3O/c1-38-19-9-10-20(27)39-21(19)22(41)40(12-11-15-3-2-4-18(13-15)24(29,30)31)14-16-5-7-17(8-6-16)23(28,25(32,33)34)26(35,36)37/h2-10,13,38H,11-12,14H2,1H3. The third kappa shape index (κ3) is 7.03. The smallest absolute Gasteiger partial charge is 0.386 e. The molecule has 0 unspecified atom stereocenters. The Kier molecular flexibility index (Phi) is 9.16. The van der Waals surface area contributed by atoms with Gasteiger partial charge in [-0.25, -0.2) is 9.37 Å². The van der Waals surface area contributed by atoms with Gasteiger partial charge in [-0.2, -0.15) is 39.5 Å². The van der Waals surface area contributed by atoms with Crippen LogP contribution in [0.1, 0.15) is 32.7 Å². The first-order chi connectivity index (χ1) is 18.9. The number of rotatable bonds is 8. The third-order valence-electron chi connectivity index (χ3n) is 6.05. The lowest BCUT2D eigenvalue weighted by molar-refractivity contribution is -0.348. The molecule has 0 fully saturated rings. The largest absolute Gasteiger partial charge is 0.435 e. The first-order valence-electron chi connectivity index (χ1n) is 11.6. The molecule has 0 spiro atoms. The highest BCUT2D eigenvalue weighted by Crippen LogP contribution is 2.53. The number of nitrogens with zero attached hydrogens (tertiary/aromatic N) is 2. The van der Waals surface area contributed by atoms with E-state index < -0.39 is 47.8 Å². The van der Waals surface area contributed by atoms with E-state index in [0.29, 0.717) is 12.1 Å². The second-order valence-electron chi connectivity index (χ2n) is 8.81. The number of carbonyl (C=O) groups excluding carboxylic acids is 1. The lowest BCUT2D eigenvalue weighted by Gasteiger charge is -2.30. The second-order valence-corrected chi connectivity index (χ2v) is 9.19. The minimum atomic E-state index is -6.30. The van der Waals surface area contributed by atoms with Gasteiger partial charge in [-0.1, -0.05) is 54.1 Å². The van der Waals surface area contributed by atoms with E-state index in [2.05, 4.69) is 10.3 Å². The zero-order valence-electron chi connectivity index (χ0n) is 20.9. The first kappa shape index (κ1) is 32.0. The van der Waals surface area contributed by atoms with Crippen molar-refractivity contribution >= 4 is 23.2 Å². The van der Waals surface area contributed by atoms with E-state index in [1.165, 1.54) is 31.3 Å². The number of pyridine rings is 1. The van der Waals surface area contributed by atoms with Crippen molar-refractivity contribution in [3.8, 4) is 0 Å². The van der Waals surface area contributed by atoms with Gasteiger partial charge in [0.05, 0.1) is 11.3 Å². The second kappa shape index (κ2) is 11.7. The van der Waals surface area contributed by atoms with Gasteiger partial charge in [0.25, 0.3) is 5.91 Å². The average molecular weight is 616 g/mol. The van der Waals surface area contributed by atoms with Gasteiger partial charge in [0.15, 0.2) is 5.69 Å². The summed E-state index contributed by atoms with van der Waals surface area (Å²) in [5.74, 6) is -0.793. The van der Waals surface area contributed by atoms with Gasteiger partial charge in [0, 0.05) is 25.7 Å². The molecule has 1 heterocycles. The molecule has 0 saturated carbocycles. The fourth-order valence-electron chi connectivity index (χ4n) is 3.92. The van der Waals surface area contributed by atoms with Gasteiger partial charge in [0.2, 0.25) is 0 Å². The summed E-state index contributed by atoms with van der Waals surface area (Å²) in [4.78, 5) is 18.5. The van der Waals surface area contributed by atoms with Crippen LogP contribution >= 0.6 is 11.6 Å². The van der Waals surface area contributed by atoms with Crippen LogP contribution in [0.3, 0.4) is 0 Å². The Balaban J connectivity index is 1.96. The van der Waals surface area contributed by atoms with Gasteiger partial charge in [-0.3, -0.25) is 4.79 Å². The molecule has 1 N–H and O–H groups in total. The molecule has 0 radical (unpaired) electrons. The molecule has 41 heavy (non-hydrogen) atoms. The number of benzene rings is 2. The third-order valence-corrected chi connectivity index (χ3v) is 6.26. The van der Waals surface area contributed by atoms with Crippen molar-refractivity contribution < 1.29 is 48.7 Å². The number of aromatic nitrogens is 1. The predicted octanol–water partition coefficient (Wildman–Crippen LogP) is 7.97. The van der Waals surface area contributed by atoms with Crippen LogP contribution in [0.4, 0.5) is 49.6 Å². The molecular weight excluding hydrogens is 596 g/mol. The van der Waals surface area contributed by atoms with Crippen LogP contribution in [0.15, 0.2) is 60.7 Å². The van der Waals surface area contributed by atoms with E-state index in [0.717, 1.165) is 29.2 Å². The van der Waals surface area contributed by atoms with E-state index in [1.54, 1.807) is 0 Å². The van der Waals surface area contributed by atoms with Gasteiger partial charge in [-0.05, 0) is 35.7 Å². The molecule has 4 nitrogen and oxygen atoms in total. The van der Waals surface area contributed by atoms with E-state index in [9.17, 15) is 48.7 Å². The van der Waals surface area contributed by atoms with Crippen LogP contribution in [0.5, 0.6) is 0 Å². The summed E-state index contributed by atoms with van der Waals surface area (Å²) in [5.41, 5.74) is -8.05. The van der Waals surface area contributed by atoms with Crippen molar-refractivity contribution in [2.24, 2.45) is 0 Å². The SMILES string of the molecule is CNc1ccc(Cl)nc1C(=O)N(CCc1cccc(C(F)(F)F)c1)Cc1ccc(C(F)(C(F)(F)F)C(F)(F)F)cc1. The summed E-state index contributed by atoms with van der Waals surface area (Å²) < 4.78 is 132. The van der Waals surface area contributed by atoms with Crippen molar-refractivity contribution in [2.45, 2.75) is 37.2 Å². The van der Waals surface area contributed by atoms with Crippen LogP contribution in [-0.4, -0.2) is 41.7 Å². The van der Waals surface area contributed by atoms with Crippen LogP contribution in [0.2, 0.25) is 5.15 Å². The Hall–Kier alpha value is -3.55. The van der Waals surface area contributed by atoms with Gasteiger partial charge in [-0.15, -0.1) is 0 Å². The molecular formula is C26H20ClF10N3O. The van der Waals surface area contributed by atoms with Gasteiger partial charge in [0.1, 0.15) is 5.15 Å². The van der Waals surface area contributed by atoms with Crippen LogP contribution in [0, 0.1) is 0 Å². The van der Waals surface area contributed by atoms with E-state index in [-0.39, 0.29) is 40.6 Å². The maximum atomic E-state index is 14.4. The number of nitrogens with one attached hydrogen (secondary N) is 1. The molecule has 0 aliphatic rings. The molecule has 2 aromatic carbocycles. The number of hydrogen-bond donors (Lipinski definition) is 1. The Labute approximate surface area is 231 Å². The molecule has 3 aromatic rings. The van der Waals surface area contributed by atoms with Gasteiger partial charge < -0.3 is 10.2 Å². The van der Waals surface area contributed by atoms with Crippen LogP contribution in [-0.2, 0) is 24.8 Å². The highest BCUT2D eigenvalue weighted by Gasteiger charge is 2.73. The maximum Gasteiger partial charge on any atom is 0.435 e. The average Bonchev–Trinajstić information content (AvgIpc) is 2.89. The highest BCUT2D eigenvalue weighted by molar-refractivity contribution is 6.29. The van der Waals surface area contributed by atoms with E-state index >= 15 is 0 Å². The summed E-state index contributed by atoms with van der Waals surface area (Å²) in [5, 5.41) is 2.65. The van der Waals surface area contributed by atoms with E-state index in [4.69, 9.17) is 11.6 Å². The zero-order valence-corrected chi connectivity index (χ0v) is 21.6. The summed E-state index contributed by atoms with van der Waals surface area (Å²) in [6.07, 6.45) is -17.3. The lowest BCUT2D eigenvalue weighted by atomic mass is 9.93. The molecule has 1 aromatic heterocycles. The summed E-state index contributed by atoms with van der Waals surface area (Å²) in [7, 11) is 1.47. The Morgan fingerprint density at radius 2 is 1.44 bits per heavy atom. The lowest BCUT2D eigenvalue weighted by Crippen LogP contribution is -2.50. The minimum Gasteiger partial charge on any atom is -0.386 e. The van der Waals surface area contributed by atoms with Crippen LogP contribution in [0.25, 0.3) is 0 Å². The number of hydrogen-bond acceptors (Lipinski definition) is 3. The summed E-state index contributed by atoms with van der Waals surface area (Å²) in [6, 6.07) is 9.29. The predicted molar refractivity (Wildman–Crippen MR) is 130 cm³/mol. The Bertz CT molecular complexity index is 1360. The monoisotopic (exact) mass is 615 g/mol. The number of halogens is 11. The molecule has 1 amide bonds. The molecule has 0 aliphatic carbocycles. The van der Waals surface area contributed by atoms with Crippen LogP contribution < -0.4 is 5.32 Å². The maximum absolute atomic E-state index is 14.4. The number of alkyl halides is 10. The Morgan fingerprint density at radius 1 is 0.829 bits per heavy atom. The molecule has 0 saturated heterocycles. The molecule has 222 valence electrons. The molecule has 0 aliphatic heterocycles. The molecule has 3 rings (SSSR count). The quantitative estimate of drug-likeness (QED) is 0.207. The summed E-state index contributed by atoms with van der Waals surface area (Å²) >= 11 is 5.91. The normalized spacial score (nSPS) is 12.8. The zero-order chi connectivity index (χ0) is 30.8. The van der Waals surface area contributed by atoms with Crippen molar-refractivity contribution in [3.63, 3.8) is 0 Å². The minimum absolute atomic E-state index is 0.00544. The molecule has 0 bridgehead atoms. The fourth-order valence-corrected chi connectivity index (χ4v) is 4.07. The number of carbonyl (C=O) groups is 1. The number of anilines is 1. The van der Waals surface area contributed by atoms with Crippen molar-refractivity contribution in [3.05, 3.63) is 93.8 Å². The molecule has 0 atom stereocenters. The fraction of sp³-hybridized carbons (Fsp3) is 0.308. The Morgan fingerprint density at radius 3 is 1.98 bits per heavy atom. The summed E-state index contributed by atoms with van der Waals surface area (Å²) in [6.45, 7) is -0.663.